The maximum absolute atomic E-state index is 12.0. The van der Waals surface area contributed by atoms with Gasteiger partial charge in [0, 0.05) is 0 Å². The molecule has 0 saturated carbocycles. The minimum atomic E-state index is -0.192. The number of carbonyl (C=O) groups is 1. The summed E-state index contributed by atoms with van der Waals surface area (Å²) in [5.41, 5.74) is 4.24. The van der Waals surface area contributed by atoms with Gasteiger partial charge in [0.1, 0.15) is 5.75 Å². The van der Waals surface area contributed by atoms with Gasteiger partial charge in [-0.2, -0.15) is 5.10 Å². The van der Waals surface area contributed by atoms with Crippen LogP contribution in [0.25, 0.3) is 0 Å². The zero-order valence-corrected chi connectivity index (χ0v) is 17.8. The number of ether oxygens (including phenoxy) is 3. The van der Waals surface area contributed by atoms with E-state index in [0.717, 1.165) is 20.4 Å². The van der Waals surface area contributed by atoms with Gasteiger partial charge in [-0.15, -0.1) is 0 Å². The van der Waals surface area contributed by atoms with Crippen molar-refractivity contribution in [2.45, 2.75) is 20.3 Å². The fourth-order valence-electron chi connectivity index (χ4n) is 2.37. The average molecular weight is 482 g/mol. The Bertz CT molecular complexity index is 791. The lowest BCUT2D eigenvalue weighted by Crippen LogP contribution is -2.19. The summed E-state index contributed by atoms with van der Waals surface area (Å²) in [4.78, 5) is 12.0. The summed E-state index contributed by atoms with van der Waals surface area (Å²) in [7, 11) is 1.59. The number of carbonyl (C=O) groups excluding carboxylic acids is 1. The second-order valence-corrected chi connectivity index (χ2v) is 6.68. The molecule has 0 fully saturated rings. The van der Waals surface area contributed by atoms with E-state index in [9.17, 15) is 4.79 Å². The van der Waals surface area contributed by atoms with E-state index >= 15 is 0 Å². The molecule has 0 unspecified atom stereocenters. The minimum Gasteiger partial charge on any atom is -0.494 e. The van der Waals surface area contributed by atoms with E-state index in [1.54, 1.807) is 13.3 Å². The van der Waals surface area contributed by atoms with Crippen LogP contribution in [0.15, 0.2) is 41.5 Å². The van der Waals surface area contributed by atoms with Gasteiger partial charge in [-0.25, -0.2) is 5.43 Å². The first-order valence-electron chi connectivity index (χ1n) is 8.61. The predicted octanol–water partition coefficient (Wildman–Crippen LogP) is 3.79. The Kier molecular flexibility index (Phi) is 8.38. The van der Waals surface area contributed by atoms with Crippen molar-refractivity contribution in [3.8, 4) is 17.2 Å². The van der Waals surface area contributed by atoms with Gasteiger partial charge in [0.15, 0.2) is 11.5 Å². The standard InChI is InChI=1S/C20H23IN2O4/c1-4-26-16-8-6-14(7-9-16)12-19(24)23-22-13-15-10-17(21)20(27-5-2)18(11-15)25-3/h6-11,13H,4-5,12H2,1-3H3,(H,23,24)/b22-13+. The zero-order valence-electron chi connectivity index (χ0n) is 15.6. The maximum Gasteiger partial charge on any atom is 0.244 e. The van der Waals surface area contributed by atoms with E-state index in [1.165, 1.54) is 0 Å². The van der Waals surface area contributed by atoms with Crippen LogP contribution < -0.4 is 19.6 Å². The second kappa shape index (κ2) is 10.8. The lowest BCUT2D eigenvalue weighted by Gasteiger charge is -2.12. The van der Waals surface area contributed by atoms with E-state index in [0.29, 0.717) is 24.7 Å². The number of rotatable bonds is 9. The smallest absolute Gasteiger partial charge is 0.244 e. The third kappa shape index (κ3) is 6.42. The summed E-state index contributed by atoms with van der Waals surface area (Å²) < 4.78 is 17.3. The Morgan fingerprint density at radius 3 is 2.48 bits per heavy atom. The Labute approximate surface area is 173 Å². The Morgan fingerprint density at radius 2 is 1.85 bits per heavy atom. The molecule has 27 heavy (non-hydrogen) atoms. The van der Waals surface area contributed by atoms with E-state index in [4.69, 9.17) is 14.2 Å². The summed E-state index contributed by atoms with van der Waals surface area (Å²) in [6, 6.07) is 11.2. The van der Waals surface area contributed by atoms with Gasteiger partial charge >= 0.3 is 0 Å². The summed E-state index contributed by atoms with van der Waals surface area (Å²) >= 11 is 2.18. The number of hydrogen-bond acceptors (Lipinski definition) is 5. The maximum atomic E-state index is 12.0. The fourth-order valence-corrected chi connectivity index (χ4v) is 3.15. The highest BCUT2D eigenvalue weighted by Crippen LogP contribution is 2.33. The molecule has 1 N–H and O–H groups in total. The molecule has 2 aromatic rings. The van der Waals surface area contributed by atoms with Crippen LogP contribution >= 0.6 is 22.6 Å². The van der Waals surface area contributed by atoms with Crippen LogP contribution in [0, 0.1) is 3.57 Å². The van der Waals surface area contributed by atoms with Crippen molar-refractivity contribution < 1.29 is 19.0 Å². The molecule has 2 aromatic carbocycles. The third-order valence-corrected chi connectivity index (χ3v) is 4.34. The van der Waals surface area contributed by atoms with Crippen LogP contribution in [0.3, 0.4) is 0 Å². The number of nitrogens with zero attached hydrogens (tertiary/aromatic N) is 1. The van der Waals surface area contributed by atoms with Crippen molar-refractivity contribution in [3.05, 3.63) is 51.1 Å². The normalized spacial score (nSPS) is 10.7. The van der Waals surface area contributed by atoms with Crippen LogP contribution in [-0.2, 0) is 11.2 Å². The van der Waals surface area contributed by atoms with Crippen LogP contribution in [0.5, 0.6) is 17.2 Å². The Balaban J connectivity index is 1.96. The quantitative estimate of drug-likeness (QED) is 0.336. The molecule has 0 radical (unpaired) electrons. The van der Waals surface area contributed by atoms with Gasteiger partial charge in [0.2, 0.25) is 5.91 Å². The molecule has 2 rings (SSSR count). The van der Waals surface area contributed by atoms with Crippen molar-refractivity contribution in [3.63, 3.8) is 0 Å². The van der Waals surface area contributed by atoms with Crippen LogP contribution in [0.4, 0.5) is 0 Å². The van der Waals surface area contributed by atoms with Crippen LogP contribution in [0.2, 0.25) is 0 Å². The molecule has 0 atom stereocenters. The van der Waals surface area contributed by atoms with Gasteiger partial charge in [-0.3, -0.25) is 4.79 Å². The number of benzene rings is 2. The fraction of sp³-hybridized carbons (Fsp3) is 0.300. The molecule has 0 saturated heterocycles. The molecule has 1 amide bonds. The number of methoxy groups -OCH3 is 1. The summed E-state index contributed by atoms with van der Waals surface area (Å²) in [5, 5.41) is 4.03. The van der Waals surface area contributed by atoms with E-state index < -0.39 is 0 Å². The summed E-state index contributed by atoms with van der Waals surface area (Å²) in [6.45, 7) is 5.02. The Morgan fingerprint density at radius 1 is 1.15 bits per heavy atom. The predicted molar refractivity (Wildman–Crippen MR) is 114 cm³/mol. The number of hydrazone groups is 1. The first kappa shape index (κ1) is 21.0. The lowest BCUT2D eigenvalue weighted by atomic mass is 10.1. The number of nitrogens with one attached hydrogen (secondary N) is 1. The Hall–Kier alpha value is -2.29. The van der Waals surface area contributed by atoms with Crippen molar-refractivity contribution in [1.29, 1.82) is 0 Å². The average Bonchev–Trinajstić information content (AvgIpc) is 2.65. The molecule has 0 aliphatic rings. The highest BCUT2D eigenvalue weighted by atomic mass is 127. The van der Waals surface area contributed by atoms with Crippen molar-refractivity contribution in [2.24, 2.45) is 5.10 Å². The summed E-state index contributed by atoms with van der Waals surface area (Å²) in [6.07, 6.45) is 1.82. The first-order valence-corrected chi connectivity index (χ1v) is 9.69. The molecular weight excluding hydrogens is 459 g/mol. The van der Waals surface area contributed by atoms with Crippen molar-refractivity contribution in [2.75, 3.05) is 20.3 Å². The van der Waals surface area contributed by atoms with Crippen LogP contribution in [-0.4, -0.2) is 32.4 Å². The van der Waals surface area contributed by atoms with E-state index in [1.807, 2.05) is 50.2 Å². The van der Waals surface area contributed by atoms with Gasteiger partial charge in [-0.1, -0.05) is 12.1 Å². The van der Waals surface area contributed by atoms with Crippen molar-refractivity contribution in [1.82, 2.24) is 5.43 Å². The van der Waals surface area contributed by atoms with Gasteiger partial charge in [-0.05, 0) is 71.8 Å². The topological polar surface area (TPSA) is 69.2 Å². The van der Waals surface area contributed by atoms with Gasteiger partial charge in [0.25, 0.3) is 0 Å². The summed E-state index contributed by atoms with van der Waals surface area (Å²) in [5.74, 6) is 1.94. The highest BCUT2D eigenvalue weighted by molar-refractivity contribution is 14.1. The lowest BCUT2D eigenvalue weighted by molar-refractivity contribution is -0.120. The molecule has 0 aliphatic carbocycles. The van der Waals surface area contributed by atoms with Crippen molar-refractivity contribution >= 4 is 34.7 Å². The second-order valence-electron chi connectivity index (χ2n) is 5.51. The molecular formula is C20H23IN2O4. The SMILES string of the molecule is CCOc1ccc(CC(=O)N/N=C/c2cc(I)c(OCC)c(OC)c2)cc1. The molecule has 0 spiro atoms. The number of halogens is 1. The molecule has 144 valence electrons. The minimum absolute atomic E-state index is 0.192. The first-order chi connectivity index (χ1) is 13.1. The molecule has 0 heterocycles. The van der Waals surface area contributed by atoms with E-state index in [-0.39, 0.29) is 12.3 Å². The zero-order chi connectivity index (χ0) is 19.6. The molecule has 0 aromatic heterocycles. The largest absolute Gasteiger partial charge is 0.494 e. The monoisotopic (exact) mass is 482 g/mol. The third-order valence-electron chi connectivity index (χ3n) is 3.54. The highest BCUT2D eigenvalue weighted by Gasteiger charge is 2.10. The molecule has 0 bridgehead atoms. The van der Waals surface area contributed by atoms with E-state index in [2.05, 4.69) is 33.1 Å². The van der Waals surface area contributed by atoms with Gasteiger partial charge < -0.3 is 14.2 Å². The molecule has 6 nitrogen and oxygen atoms in total. The van der Waals surface area contributed by atoms with Gasteiger partial charge in [0.05, 0.1) is 36.5 Å². The molecule has 7 heteroatoms. The molecule has 0 aliphatic heterocycles. The van der Waals surface area contributed by atoms with Crippen LogP contribution in [0.1, 0.15) is 25.0 Å². The number of amides is 1. The number of hydrogen-bond donors (Lipinski definition) is 1.